The first-order chi connectivity index (χ1) is 12.5. The molecule has 0 N–H and O–H groups in total. The maximum atomic E-state index is 10.3. The van der Waals surface area contributed by atoms with Crippen molar-refractivity contribution in [2.75, 3.05) is 13.6 Å². The summed E-state index contributed by atoms with van der Waals surface area (Å²) in [4.78, 5) is 20.6. The predicted molar refractivity (Wildman–Crippen MR) is 95.2 cm³/mol. The van der Waals surface area contributed by atoms with E-state index in [4.69, 9.17) is 9.72 Å². The summed E-state index contributed by atoms with van der Waals surface area (Å²) in [6, 6.07) is 4.86. The Morgan fingerprint density at radius 3 is 2.81 bits per heavy atom. The Hall–Kier alpha value is -2.48. The molecular formula is C18H23N5O3. The number of pyridine rings is 1. The van der Waals surface area contributed by atoms with Crippen LogP contribution in [0.15, 0.2) is 18.3 Å². The fourth-order valence-corrected chi connectivity index (χ4v) is 3.37. The molecule has 0 saturated heterocycles. The highest BCUT2D eigenvalue weighted by Gasteiger charge is 2.28. The minimum Gasteiger partial charge on any atom is -0.441 e. The molecule has 26 heavy (non-hydrogen) atoms. The average Bonchev–Trinajstić information content (AvgIpc) is 3.29. The van der Waals surface area contributed by atoms with Crippen molar-refractivity contribution in [3.63, 3.8) is 0 Å². The summed E-state index contributed by atoms with van der Waals surface area (Å²) in [6.07, 6.45) is 5.29. The van der Waals surface area contributed by atoms with Crippen LogP contribution in [0.25, 0.3) is 0 Å². The molecule has 1 atom stereocenters. The van der Waals surface area contributed by atoms with Crippen LogP contribution in [0.2, 0.25) is 0 Å². The van der Waals surface area contributed by atoms with Gasteiger partial charge in [-0.3, -0.25) is 9.55 Å². The number of nitro groups is 1. The van der Waals surface area contributed by atoms with E-state index in [1.54, 1.807) is 4.57 Å². The lowest BCUT2D eigenvalue weighted by molar-refractivity contribution is -0.389. The van der Waals surface area contributed by atoms with Crippen LogP contribution in [0.5, 0.6) is 6.01 Å². The van der Waals surface area contributed by atoms with Gasteiger partial charge in [0, 0.05) is 41.8 Å². The molecule has 0 aromatic carbocycles. The summed E-state index contributed by atoms with van der Waals surface area (Å²) in [7, 11) is 2.18. The molecule has 4 heterocycles. The van der Waals surface area contributed by atoms with Crippen LogP contribution in [0.3, 0.4) is 0 Å². The van der Waals surface area contributed by atoms with Gasteiger partial charge in [0.25, 0.3) is 0 Å². The molecule has 1 aliphatic carbocycles. The smallest absolute Gasteiger partial charge is 0.414 e. The van der Waals surface area contributed by atoms with Gasteiger partial charge in [-0.05, 0) is 43.4 Å². The lowest BCUT2D eigenvalue weighted by Crippen LogP contribution is -2.27. The van der Waals surface area contributed by atoms with Gasteiger partial charge in [-0.15, -0.1) is 0 Å². The standard InChI is InChI=1S/C12H16N2.C6H7N3O3/c1-14-7-6-12-10(8-14)4-5-11(13-12)9-2-3-9;1-4-2-8-3-5(9(10)11)7-6(8)12-4/h4-5,9H,2-3,6-8H2,1H3;3-4H,2H2,1H3. The van der Waals surface area contributed by atoms with Crippen LogP contribution in [-0.4, -0.2) is 44.1 Å². The maximum absolute atomic E-state index is 10.3. The second-order valence-corrected chi connectivity index (χ2v) is 7.32. The molecule has 1 fully saturated rings. The molecule has 0 amide bonds. The Balaban J connectivity index is 0.000000131. The van der Waals surface area contributed by atoms with Gasteiger partial charge < -0.3 is 19.8 Å². The van der Waals surface area contributed by atoms with E-state index in [1.807, 2.05) is 6.92 Å². The van der Waals surface area contributed by atoms with Crippen LogP contribution in [0.4, 0.5) is 5.82 Å². The van der Waals surface area contributed by atoms with Crippen LogP contribution in [0, 0.1) is 10.1 Å². The van der Waals surface area contributed by atoms with E-state index in [1.165, 1.54) is 36.0 Å². The summed E-state index contributed by atoms with van der Waals surface area (Å²) in [5.74, 6) is 0.636. The summed E-state index contributed by atoms with van der Waals surface area (Å²) < 4.78 is 6.83. The molecule has 138 valence electrons. The van der Waals surface area contributed by atoms with E-state index in [2.05, 4.69) is 29.1 Å². The van der Waals surface area contributed by atoms with Gasteiger partial charge in [0.15, 0.2) is 0 Å². The quantitative estimate of drug-likeness (QED) is 0.606. The monoisotopic (exact) mass is 357 g/mol. The van der Waals surface area contributed by atoms with Crippen molar-refractivity contribution >= 4 is 5.82 Å². The molecule has 0 spiro atoms. The van der Waals surface area contributed by atoms with E-state index in [9.17, 15) is 10.1 Å². The molecule has 2 aliphatic heterocycles. The van der Waals surface area contributed by atoms with Crippen LogP contribution >= 0.6 is 0 Å². The Morgan fingerprint density at radius 2 is 2.12 bits per heavy atom. The van der Waals surface area contributed by atoms with Gasteiger partial charge in [-0.1, -0.05) is 6.07 Å². The Labute approximate surface area is 152 Å². The molecule has 3 aliphatic rings. The summed E-state index contributed by atoms with van der Waals surface area (Å²) in [6.45, 7) is 4.76. The first-order valence-electron chi connectivity index (χ1n) is 9.05. The molecule has 2 aromatic rings. The van der Waals surface area contributed by atoms with Crippen molar-refractivity contribution in [2.24, 2.45) is 0 Å². The number of ether oxygens (including phenoxy) is 1. The molecular weight excluding hydrogens is 334 g/mol. The molecule has 0 radical (unpaired) electrons. The zero-order valence-electron chi connectivity index (χ0n) is 15.1. The number of rotatable bonds is 2. The fraction of sp³-hybridized carbons (Fsp3) is 0.556. The van der Waals surface area contributed by atoms with Crippen molar-refractivity contribution in [1.82, 2.24) is 19.4 Å². The molecule has 8 nitrogen and oxygen atoms in total. The highest BCUT2D eigenvalue weighted by molar-refractivity contribution is 5.28. The highest BCUT2D eigenvalue weighted by Crippen LogP contribution is 2.39. The van der Waals surface area contributed by atoms with Gasteiger partial charge >= 0.3 is 11.8 Å². The number of imidazole rings is 1. The van der Waals surface area contributed by atoms with Crippen molar-refractivity contribution in [2.45, 2.75) is 51.3 Å². The third-order valence-corrected chi connectivity index (χ3v) is 4.93. The van der Waals surface area contributed by atoms with Gasteiger partial charge in [0.05, 0.1) is 6.54 Å². The first kappa shape index (κ1) is 17.0. The Morgan fingerprint density at radius 1 is 1.31 bits per heavy atom. The Bertz CT molecular complexity index is 807. The van der Waals surface area contributed by atoms with E-state index >= 15 is 0 Å². The van der Waals surface area contributed by atoms with Gasteiger partial charge in [-0.25, -0.2) is 0 Å². The minimum absolute atomic E-state index is 0.0632. The van der Waals surface area contributed by atoms with Crippen molar-refractivity contribution < 1.29 is 9.66 Å². The molecule has 0 bridgehead atoms. The van der Waals surface area contributed by atoms with E-state index in [0.29, 0.717) is 12.6 Å². The third-order valence-electron chi connectivity index (χ3n) is 4.93. The number of likely N-dealkylation sites (N-methyl/N-ethyl adjacent to an activating group) is 1. The van der Waals surface area contributed by atoms with E-state index < -0.39 is 4.92 Å². The second kappa shape index (κ2) is 6.68. The number of hydrogen-bond donors (Lipinski definition) is 0. The lowest BCUT2D eigenvalue weighted by atomic mass is 10.0. The first-order valence-corrected chi connectivity index (χ1v) is 9.05. The zero-order valence-corrected chi connectivity index (χ0v) is 15.1. The van der Waals surface area contributed by atoms with Gasteiger partial charge in [0.2, 0.25) is 0 Å². The van der Waals surface area contributed by atoms with E-state index in [0.717, 1.165) is 25.4 Å². The normalized spacial score (nSPS) is 21.2. The number of aromatic nitrogens is 3. The maximum Gasteiger partial charge on any atom is 0.414 e. The SMILES string of the molecule is CC1Cn2cc([N+](=O)[O-])nc2O1.CN1CCc2nc(C3CC3)ccc2C1. The Kier molecular flexibility index (Phi) is 4.36. The number of fused-ring (bicyclic) bond motifs is 2. The second-order valence-electron chi connectivity index (χ2n) is 7.32. The number of hydrogen-bond acceptors (Lipinski definition) is 6. The van der Waals surface area contributed by atoms with Gasteiger partial charge in [-0.2, -0.15) is 0 Å². The topological polar surface area (TPSA) is 86.3 Å². The van der Waals surface area contributed by atoms with Crippen LogP contribution in [0.1, 0.15) is 42.6 Å². The third kappa shape index (κ3) is 3.55. The summed E-state index contributed by atoms with van der Waals surface area (Å²) >= 11 is 0. The molecule has 8 heteroatoms. The van der Waals surface area contributed by atoms with E-state index in [-0.39, 0.29) is 11.9 Å². The summed E-state index contributed by atoms with van der Waals surface area (Å²) in [5, 5.41) is 10.3. The van der Waals surface area contributed by atoms with Gasteiger partial charge in [0.1, 0.15) is 12.3 Å². The molecule has 1 saturated carbocycles. The minimum atomic E-state index is -0.528. The lowest BCUT2D eigenvalue weighted by Gasteiger charge is -2.24. The largest absolute Gasteiger partial charge is 0.441 e. The zero-order chi connectivity index (χ0) is 18.3. The predicted octanol–water partition coefficient (Wildman–Crippen LogP) is 2.52. The molecule has 5 rings (SSSR count). The van der Waals surface area contributed by atoms with Crippen molar-refractivity contribution in [3.05, 3.63) is 45.4 Å². The van der Waals surface area contributed by atoms with Crippen LogP contribution < -0.4 is 4.74 Å². The highest BCUT2D eigenvalue weighted by atomic mass is 16.6. The number of nitrogens with zero attached hydrogens (tertiary/aromatic N) is 5. The fourth-order valence-electron chi connectivity index (χ4n) is 3.37. The van der Waals surface area contributed by atoms with Crippen LogP contribution in [-0.2, 0) is 19.5 Å². The molecule has 2 aromatic heterocycles. The van der Waals surface area contributed by atoms with Crippen molar-refractivity contribution in [3.8, 4) is 6.01 Å². The average molecular weight is 357 g/mol. The summed E-state index contributed by atoms with van der Waals surface area (Å²) in [5.41, 5.74) is 4.13. The molecule has 1 unspecified atom stereocenters. The van der Waals surface area contributed by atoms with Crippen molar-refractivity contribution in [1.29, 1.82) is 0 Å².